The molecular formula is C31H37N5O6. The van der Waals surface area contributed by atoms with Crippen molar-refractivity contribution < 1.29 is 28.6 Å². The Hall–Kier alpha value is -4.38. The van der Waals surface area contributed by atoms with E-state index in [1.165, 1.54) is 4.90 Å². The maximum atomic E-state index is 13.4. The second-order valence-corrected chi connectivity index (χ2v) is 10.4. The summed E-state index contributed by atoms with van der Waals surface area (Å²) in [7, 11) is 1.58. The first-order chi connectivity index (χ1) is 20.5. The van der Waals surface area contributed by atoms with Crippen LogP contribution in [0.25, 0.3) is 11.4 Å². The van der Waals surface area contributed by atoms with E-state index in [0.29, 0.717) is 57.1 Å². The largest absolute Gasteiger partial charge is 0.493 e. The fourth-order valence-corrected chi connectivity index (χ4v) is 5.25. The number of carbonyl (C=O) groups is 3. The van der Waals surface area contributed by atoms with E-state index >= 15 is 0 Å². The summed E-state index contributed by atoms with van der Waals surface area (Å²) in [5, 5.41) is 5.84. The molecular weight excluding hydrogens is 538 g/mol. The summed E-state index contributed by atoms with van der Waals surface area (Å²) in [6, 6.07) is 14.3. The Labute approximate surface area is 245 Å². The highest BCUT2D eigenvalue weighted by molar-refractivity contribution is 5.91. The molecule has 11 heteroatoms. The van der Waals surface area contributed by atoms with Crippen LogP contribution in [0.2, 0.25) is 0 Å². The lowest BCUT2D eigenvalue weighted by Crippen LogP contribution is -2.52. The first-order valence-corrected chi connectivity index (χ1v) is 14.4. The predicted octanol–water partition coefficient (Wildman–Crippen LogP) is 2.19. The molecule has 0 unspecified atom stereocenters. The van der Waals surface area contributed by atoms with Crippen LogP contribution < -0.4 is 20.1 Å². The predicted molar refractivity (Wildman–Crippen MR) is 155 cm³/mol. The van der Waals surface area contributed by atoms with Crippen LogP contribution in [0, 0.1) is 0 Å². The minimum absolute atomic E-state index is 0.186. The molecule has 0 spiro atoms. The lowest BCUT2D eigenvalue weighted by molar-refractivity contribution is -0.144. The number of imidazole rings is 1. The van der Waals surface area contributed by atoms with Gasteiger partial charge in [0.2, 0.25) is 11.8 Å². The third-order valence-electron chi connectivity index (χ3n) is 7.40. The monoisotopic (exact) mass is 575 g/mol. The molecule has 2 atom stereocenters. The van der Waals surface area contributed by atoms with E-state index < -0.39 is 18.1 Å². The third kappa shape index (κ3) is 7.27. The Balaban J connectivity index is 1.41. The number of benzene rings is 2. The van der Waals surface area contributed by atoms with Crippen molar-refractivity contribution in [3.05, 3.63) is 66.5 Å². The molecule has 0 aliphatic carbocycles. The van der Waals surface area contributed by atoms with E-state index in [1.807, 2.05) is 59.3 Å². The van der Waals surface area contributed by atoms with Crippen LogP contribution in [0.3, 0.4) is 0 Å². The number of methoxy groups -OCH3 is 1. The van der Waals surface area contributed by atoms with E-state index in [0.717, 1.165) is 23.4 Å². The summed E-state index contributed by atoms with van der Waals surface area (Å²) < 4.78 is 19.2. The molecule has 2 aliphatic rings. The summed E-state index contributed by atoms with van der Waals surface area (Å²) >= 11 is 0. The molecule has 222 valence electrons. The topological polar surface area (TPSA) is 124 Å². The molecule has 1 fully saturated rings. The number of carbonyl (C=O) groups excluding carboxylic acids is 3. The van der Waals surface area contributed by atoms with Gasteiger partial charge in [-0.3, -0.25) is 14.4 Å². The first-order valence-electron chi connectivity index (χ1n) is 14.4. The highest BCUT2D eigenvalue weighted by Gasteiger charge is 2.30. The standard InChI is InChI=1S/C31H37N5O6/c1-40-25-11-10-23-20-27(25)42-18-6-14-36(31(39)26-9-5-17-41-26)21-28(37)34-24(19-22-7-3-2-4-8-22)30(38)33-13-16-35-15-12-32-29(23)35/h2-4,7-8,10-12,15,20,24,26H,5-6,9,13-14,16-19,21H2,1H3,(H,33,38)(H,34,37)/t24-,26-/m0/s1. The summed E-state index contributed by atoms with van der Waals surface area (Å²) in [5.74, 6) is 0.915. The molecule has 2 bridgehead atoms. The zero-order valence-corrected chi connectivity index (χ0v) is 23.8. The Kier molecular flexibility index (Phi) is 9.70. The van der Waals surface area contributed by atoms with Crippen LogP contribution in [-0.4, -0.2) is 84.3 Å². The Morgan fingerprint density at radius 2 is 1.95 bits per heavy atom. The lowest BCUT2D eigenvalue weighted by Gasteiger charge is -2.26. The third-order valence-corrected chi connectivity index (χ3v) is 7.40. The maximum absolute atomic E-state index is 13.4. The summed E-state index contributed by atoms with van der Waals surface area (Å²) in [5.41, 5.74) is 1.75. The maximum Gasteiger partial charge on any atom is 0.252 e. The van der Waals surface area contributed by atoms with Gasteiger partial charge in [0, 0.05) is 50.6 Å². The van der Waals surface area contributed by atoms with Crippen molar-refractivity contribution in [2.75, 3.05) is 40.0 Å². The summed E-state index contributed by atoms with van der Waals surface area (Å²) in [4.78, 5) is 46.0. The van der Waals surface area contributed by atoms with Crippen molar-refractivity contribution in [2.24, 2.45) is 0 Å². The Morgan fingerprint density at radius 1 is 1.10 bits per heavy atom. The van der Waals surface area contributed by atoms with E-state index in [2.05, 4.69) is 15.6 Å². The van der Waals surface area contributed by atoms with Crippen LogP contribution >= 0.6 is 0 Å². The molecule has 3 amide bonds. The van der Waals surface area contributed by atoms with Crippen molar-refractivity contribution in [1.29, 1.82) is 0 Å². The summed E-state index contributed by atoms with van der Waals surface area (Å²) in [6.07, 6.45) is 5.20. The highest BCUT2D eigenvalue weighted by Crippen LogP contribution is 2.32. The fraction of sp³-hybridized carbons (Fsp3) is 0.419. The molecule has 2 aliphatic heterocycles. The van der Waals surface area contributed by atoms with Gasteiger partial charge in [-0.1, -0.05) is 30.3 Å². The van der Waals surface area contributed by atoms with Crippen molar-refractivity contribution >= 4 is 17.7 Å². The molecule has 5 rings (SSSR count). The minimum Gasteiger partial charge on any atom is -0.493 e. The van der Waals surface area contributed by atoms with Crippen LogP contribution in [0.4, 0.5) is 0 Å². The van der Waals surface area contributed by atoms with E-state index in [1.54, 1.807) is 13.3 Å². The number of nitrogens with one attached hydrogen (secondary N) is 2. The average Bonchev–Trinajstić information content (AvgIpc) is 3.71. The van der Waals surface area contributed by atoms with Gasteiger partial charge in [0.1, 0.15) is 18.0 Å². The van der Waals surface area contributed by atoms with E-state index in [9.17, 15) is 14.4 Å². The van der Waals surface area contributed by atoms with Gasteiger partial charge in [-0.05, 0) is 43.0 Å². The smallest absolute Gasteiger partial charge is 0.252 e. The SMILES string of the molecule is COc1ccc2cc1OCCCN(C(=O)[C@@H]1CCCO1)CC(=O)N[C@@H](Cc1ccccc1)C(=O)NCCn1ccnc1-2. The van der Waals surface area contributed by atoms with Crippen molar-refractivity contribution in [3.63, 3.8) is 0 Å². The molecule has 2 aromatic carbocycles. The van der Waals surface area contributed by atoms with Gasteiger partial charge < -0.3 is 34.3 Å². The zero-order valence-electron chi connectivity index (χ0n) is 23.8. The van der Waals surface area contributed by atoms with Gasteiger partial charge in [-0.2, -0.15) is 0 Å². The molecule has 0 radical (unpaired) electrons. The summed E-state index contributed by atoms with van der Waals surface area (Å²) in [6.45, 7) is 1.71. The number of nitrogens with zero attached hydrogens (tertiary/aromatic N) is 3. The van der Waals surface area contributed by atoms with Crippen LogP contribution in [0.1, 0.15) is 24.8 Å². The molecule has 3 heterocycles. The molecule has 3 aromatic rings. The van der Waals surface area contributed by atoms with E-state index in [4.69, 9.17) is 14.2 Å². The highest BCUT2D eigenvalue weighted by atomic mass is 16.5. The van der Waals surface area contributed by atoms with Gasteiger partial charge >= 0.3 is 0 Å². The number of fused-ring (bicyclic) bond motifs is 4. The Morgan fingerprint density at radius 3 is 2.74 bits per heavy atom. The van der Waals surface area contributed by atoms with Gasteiger partial charge in [0.25, 0.3) is 5.91 Å². The van der Waals surface area contributed by atoms with Crippen LogP contribution in [-0.2, 0) is 32.1 Å². The molecule has 1 saturated heterocycles. The van der Waals surface area contributed by atoms with Gasteiger partial charge in [-0.25, -0.2) is 4.98 Å². The number of rotatable bonds is 4. The van der Waals surface area contributed by atoms with Gasteiger partial charge in [0.05, 0.1) is 20.3 Å². The molecule has 2 N–H and O–H groups in total. The normalized spacial score (nSPS) is 20.4. The quantitative estimate of drug-likeness (QED) is 0.489. The number of hydrogen-bond acceptors (Lipinski definition) is 7. The number of ether oxygens (including phenoxy) is 3. The van der Waals surface area contributed by atoms with Gasteiger partial charge in [0.15, 0.2) is 11.5 Å². The van der Waals surface area contributed by atoms with Crippen molar-refractivity contribution in [1.82, 2.24) is 25.1 Å². The first kappa shape index (κ1) is 29.1. The number of aromatic nitrogens is 2. The molecule has 42 heavy (non-hydrogen) atoms. The Bertz CT molecular complexity index is 1370. The average molecular weight is 576 g/mol. The second kappa shape index (κ2) is 14.0. The van der Waals surface area contributed by atoms with E-state index in [-0.39, 0.29) is 24.9 Å². The van der Waals surface area contributed by atoms with Gasteiger partial charge in [-0.15, -0.1) is 0 Å². The minimum atomic E-state index is -0.812. The molecule has 11 nitrogen and oxygen atoms in total. The fourth-order valence-electron chi connectivity index (χ4n) is 5.25. The lowest BCUT2D eigenvalue weighted by atomic mass is 10.1. The second-order valence-electron chi connectivity index (χ2n) is 10.4. The molecule has 1 aromatic heterocycles. The molecule has 0 saturated carbocycles. The van der Waals surface area contributed by atoms with Crippen LogP contribution in [0.5, 0.6) is 11.5 Å². The van der Waals surface area contributed by atoms with Crippen LogP contribution in [0.15, 0.2) is 60.9 Å². The zero-order chi connectivity index (χ0) is 29.3. The van der Waals surface area contributed by atoms with Crippen molar-refractivity contribution in [3.8, 4) is 22.9 Å². The van der Waals surface area contributed by atoms with Crippen molar-refractivity contribution in [2.45, 2.75) is 44.4 Å². The number of hydrogen-bond donors (Lipinski definition) is 2. The number of amides is 3.